The summed E-state index contributed by atoms with van der Waals surface area (Å²) >= 11 is 5.30. The first-order valence-electron chi connectivity index (χ1n) is 6.07. The minimum absolute atomic E-state index is 0.0643. The molecule has 0 amide bonds. The number of ether oxygens (including phenoxy) is 1. The second-order valence-corrected chi connectivity index (χ2v) is 6.16. The molecule has 0 saturated carbocycles. The second kappa shape index (κ2) is 6.88. The molecule has 0 radical (unpaired) electrons. The molecule has 0 aliphatic heterocycles. The SMILES string of the molecule is CCC(CC)(OC)C(Cc1cc(Br)cs1)NC. The van der Waals surface area contributed by atoms with Gasteiger partial charge in [0.05, 0.1) is 5.60 Å². The molecule has 2 nitrogen and oxygen atoms in total. The summed E-state index contributed by atoms with van der Waals surface area (Å²) in [6, 6.07) is 2.55. The number of hydrogen-bond donors (Lipinski definition) is 1. The van der Waals surface area contributed by atoms with Crippen LogP contribution in [0.1, 0.15) is 31.6 Å². The van der Waals surface area contributed by atoms with E-state index in [9.17, 15) is 0 Å². The van der Waals surface area contributed by atoms with Gasteiger partial charge >= 0.3 is 0 Å². The molecule has 4 heteroatoms. The first kappa shape index (κ1) is 15.2. The van der Waals surface area contributed by atoms with Gasteiger partial charge in [0.1, 0.15) is 0 Å². The van der Waals surface area contributed by atoms with Crippen molar-refractivity contribution in [2.75, 3.05) is 14.2 Å². The van der Waals surface area contributed by atoms with Crippen LogP contribution in [-0.4, -0.2) is 25.8 Å². The van der Waals surface area contributed by atoms with E-state index in [-0.39, 0.29) is 5.60 Å². The molecule has 1 N–H and O–H groups in total. The molecule has 0 aliphatic rings. The zero-order valence-electron chi connectivity index (χ0n) is 11.0. The van der Waals surface area contributed by atoms with Gasteiger partial charge in [-0.3, -0.25) is 0 Å². The van der Waals surface area contributed by atoms with Gasteiger partial charge in [0.15, 0.2) is 0 Å². The highest BCUT2D eigenvalue weighted by atomic mass is 79.9. The van der Waals surface area contributed by atoms with Gasteiger partial charge in [0.25, 0.3) is 0 Å². The van der Waals surface area contributed by atoms with Crippen LogP contribution in [0.4, 0.5) is 0 Å². The van der Waals surface area contributed by atoms with Gasteiger partial charge in [0.2, 0.25) is 0 Å². The summed E-state index contributed by atoms with van der Waals surface area (Å²) in [6.45, 7) is 4.39. The van der Waals surface area contributed by atoms with E-state index in [1.807, 2.05) is 14.2 Å². The van der Waals surface area contributed by atoms with Gasteiger partial charge in [-0.1, -0.05) is 13.8 Å². The van der Waals surface area contributed by atoms with Crippen LogP contribution in [0.15, 0.2) is 15.9 Å². The van der Waals surface area contributed by atoms with Crippen molar-refractivity contribution in [2.24, 2.45) is 0 Å². The van der Waals surface area contributed by atoms with E-state index < -0.39 is 0 Å². The highest BCUT2D eigenvalue weighted by molar-refractivity contribution is 9.10. The molecule has 0 aliphatic carbocycles. The predicted molar refractivity (Wildman–Crippen MR) is 78.9 cm³/mol. The molecule has 0 spiro atoms. The Balaban J connectivity index is 2.82. The summed E-state index contributed by atoms with van der Waals surface area (Å²) in [5.74, 6) is 0. The quantitative estimate of drug-likeness (QED) is 0.824. The van der Waals surface area contributed by atoms with E-state index >= 15 is 0 Å². The number of nitrogens with one attached hydrogen (secondary N) is 1. The largest absolute Gasteiger partial charge is 0.377 e. The van der Waals surface area contributed by atoms with Gasteiger partial charge in [-0.2, -0.15) is 0 Å². The Kier molecular flexibility index (Phi) is 6.13. The first-order valence-corrected chi connectivity index (χ1v) is 7.74. The monoisotopic (exact) mass is 319 g/mol. The molecule has 1 aromatic heterocycles. The number of methoxy groups -OCH3 is 1. The van der Waals surface area contributed by atoms with Crippen molar-refractivity contribution in [3.63, 3.8) is 0 Å². The molecule has 98 valence electrons. The molecular formula is C13H22BrNOS. The van der Waals surface area contributed by atoms with Crippen molar-refractivity contribution in [1.29, 1.82) is 0 Å². The summed E-state index contributed by atoms with van der Waals surface area (Å²) in [7, 11) is 3.84. The number of likely N-dealkylation sites (N-methyl/N-ethyl adjacent to an activating group) is 1. The zero-order valence-corrected chi connectivity index (χ0v) is 13.5. The Morgan fingerprint density at radius 2 is 2.12 bits per heavy atom. The van der Waals surface area contributed by atoms with E-state index in [4.69, 9.17) is 4.74 Å². The molecule has 1 heterocycles. The van der Waals surface area contributed by atoms with Crippen molar-refractivity contribution in [1.82, 2.24) is 5.32 Å². The topological polar surface area (TPSA) is 21.3 Å². The normalized spacial score (nSPS) is 13.9. The summed E-state index contributed by atoms with van der Waals surface area (Å²) in [5.41, 5.74) is -0.0643. The lowest BCUT2D eigenvalue weighted by atomic mass is 9.86. The van der Waals surface area contributed by atoms with Gasteiger partial charge < -0.3 is 10.1 Å². The molecule has 0 bridgehead atoms. The highest BCUT2D eigenvalue weighted by Crippen LogP contribution is 2.29. The van der Waals surface area contributed by atoms with Crippen LogP contribution in [0.2, 0.25) is 0 Å². The first-order chi connectivity index (χ1) is 8.11. The Bertz CT molecular complexity index is 328. The lowest BCUT2D eigenvalue weighted by Crippen LogP contribution is -2.51. The highest BCUT2D eigenvalue weighted by Gasteiger charge is 2.34. The van der Waals surface area contributed by atoms with Crippen LogP contribution in [-0.2, 0) is 11.2 Å². The lowest BCUT2D eigenvalue weighted by Gasteiger charge is -2.38. The minimum Gasteiger partial charge on any atom is -0.377 e. The summed E-state index contributed by atoms with van der Waals surface area (Å²) < 4.78 is 6.97. The predicted octanol–water partition coefficient (Wildman–Crippen LogP) is 3.85. The summed E-state index contributed by atoms with van der Waals surface area (Å²) in [4.78, 5) is 1.39. The Labute approximate surface area is 117 Å². The fraction of sp³-hybridized carbons (Fsp3) is 0.692. The maximum absolute atomic E-state index is 5.80. The second-order valence-electron chi connectivity index (χ2n) is 4.25. The Morgan fingerprint density at radius 1 is 1.47 bits per heavy atom. The molecule has 1 rings (SSSR count). The van der Waals surface area contributed by atoms with Crippen LogP contribution >= 0.6 is 27.3 Å². The molecule has 0 aromatic carbocycles. The molecular weight excluding hydrogens is 298 g/mol. The summed E-state index contributed by atoms with van der Waals surface area (Å²) in [5, 5.41) is 5.55. The summed E-state index contributed by atoms with van der Waals surface area (Å²) in [6.07, 6.45) is 3.07. The van der Waals surface area contributed by atoms with Crippen molar-refractivity contribution in [2.45, 2.75) is 44.8 Å². The third kappa shape index (κ3) is 3.53. The van der Waals surface area contributed by atoms with Gasteiger partial charge in [-0.05, 0) is 48.3 Å². The van der Waals surface area contributed by atoms with Crippen LogP contribution < -0.4 is 5.32 Å². The molecule has 0 saturated heterocycles. The molecule has 1 unspecified atom stereocenters. The Hall–Kier alpha value is 0.1000. The minimum atomic E-state index is -0.0643. The maximum Gasteiger partial charge on any atom is 0.0829 e. The van der Waals surface area contributed by atoms with E-state index in [0.717, 1.165) is 19.3 Å². The fourth-order valence-corrected chi connectivity index (χ4v) is 3.89. The van der Waals surface area contributed by atoms with Crippen molar-refractivity contribution in [3.8, 4) is 0 Å². The van der Waals surface area contributed by atoms with E-state index in [2.05, 4.69) is 46.5 Å². The molecule has 0 fully saturated rings. The van der Waals surface area contributed by atoms with E-state index in [0.29, 0.717) is 6.04 Å². The van der Waals surface area contributed by atoms with Crippen LogP contribution in [0, 0.1) is 0 Å². The van der Waals surface area contributed by atoms with Gasteiger partial charge in [-0.15, -0.1) is 11.3 Å². The third-order valence-corrected chi connectivity index (χ3v) is 5.33. The molecule has 1 aromatic rings. The zero-order chi connectivity index (χ0) is 12.9. The average Bonchev–Trinajstić information content (AvgIpc) is 2.76. The molecule has 1 atom stereocenters. The lowest BCUT2D eigenvalue weighted by molar-refractivity contribution is -0.0452. The van der Waals surface area contributed by atoms with E-state index in [1.54, 1.807) is 11.3 Å². The van der Waals surface area contributed by atoms with Crippen LogP contribution in [0.3, 0.4) is 0 Å². The number of rotatable bonds is 7. The number of thiophene rings is 1. The van der Waals surface area contributed by atoms with Gasteiger partial charge in [-0.25, -0.2) is 0 Å². The van der Waals surface area contributed by atoms with Crippen molar-refractivity contribution < 1.29 is 4.74 Å². The van der Waals surface area contributed by atoms with E-state index in [1.165, 1.54) is 9.35 Å². The van der Waals surface area contributed by atoms with Crippen LogP contribution in [0.25, 0.3) is 0 Å². The fourth-order valence-electron chi connectivity index (χ4n) is 2.39. The standard InChI is InChI=1S/C13H22BrNOS/c1-5-13(6-2,16-4)12(15-3)8-11-7-10(14)9-17-11/h7,9,12,15H,5-6,8H2,1-4H3. The third-order valence-electron chi connectivity index (χ3n) is 3.61. The molecule has 17 heavy (non-hydrogen) atoms. The van der Waals surface area contributed by atoms with Gasteiger partial charge in [0, 0.05) is 27.9 Å². The van der Waals surface area contributed by atoms with Crippen molar-refractivity contribution in [3.05, 3.63) is 20.8 Å². The number of hydrogen-bond acceptors (Lipinski definition) is 3. The average molecular weight is 320 g/mol. The number of halogens is 1. The maximum atomic E-state index is 5.80. The Morgan fingerprint density at radius 3 is 2.47 bits per heavy atom. The smallest absolute Gasteiger partial charge is 0.0829 e. The van der Waals surface area contributed by atoms with Crippen molar-refractivity contribution >= 4 is 27.3 Å². The van der Waals surface area contributed by atoms with Crippen LogP contribution in [0.5, 0.6) is 0 Å².